The third kappa shape index (κ3) is 7.94. The number of hydrogen-bond donors (Lipinski definition) is 0. The maximum absolute atomic E-state index is 7.39. The van der Waals surface area contributed by atoms with Gasteiger partial charge in [0.1, 0.15) is 5.75 Å². The number of methoxy groups -OCH3 is 1. The molecule has 2 rings (SSSR count). The minimum Gasteiger partial charge on any atom is -0.497 e. The van der Waals surface area contributed by atoms with E-state index in [0.29, 0.717) is 13.0 Å². The van der Waals surface area contributed by atoms with Gasteiger partial charge in [0.05, 0.1) is 34.0 Å². The summed E-state index contributed by atoms with van der Waals surface area (Å²) in [6.45, 7) is 18.8. The van der Waals surface area contributed by atoms with E-state index in [1.54, 1.807) is 7.11 Å². The Morgan fingerprint density at radius 3 is 2.03 bits per heavy atom. The standard InChI is InChI=1S/C32H48O3Si2/c1-10-18-26(6)31(34-25-27-21-23-28(33-7)24-22-27)32(35-37(12-3,13-4)14-5)30(11-2)36(8,9)29-19-16-15-17-20-29/h1,11,15-17,19-24,26,30-32H,2,12-14,18,25H2,3-9H3/t26-,30-,31-,32-/m1/s1. The molecule has 4 atom stereocenters. The first-order valence-corrected chi connectivity index (χ1v) is 19.4. The molecular formula is C32H48O3Si2. The predicted octanol–water partition coefficient (Wildman–Crippen LogP) is 7.80. The zero-order valence-electron chi connectivity index (χ0n) is 24.1. The highest BCUT2D eigenvalue weighted by molar-refractivity contribution is 6.91. The molecule has 0 aliphatic rings. The van der Waals surface area contributed by atoms with Crippen LogP contribution >= 0.6 is 0 Å². The molecule has 37 heavy (non-hydrogen) atoms. The van der Waals surface area contributed by atoms with Crippen LogP contribution in [-0.2, 0) is 15.8 Å². The fourth-order valence-corrected chi connectivity index (χ4v) is 11.4. The Hall–Kier alpha value is -2.11. The Labute approximate surface area is 228 Å². The molecule has 0 spiro atoms. The van der Waals surface area contributed by atoms with Crippen LogP contribution in [0.25, 0.3) is 0 Å². The second-order valence-corrected chi connectivity index (χ2v) is 20.1. The monoisotopic (exact) mass is 536 g/mol. The molecule has 0 unspecified atom stereocenters. The molecule has 0 amide bonds. The molecule has 0 fully saturated rings. The average Bonchev–Trinajstić information content (AvgIpc) is 2.92. The summed E-state index contributed by atoms with van der Waals surface area (Å²) in [5, 5.41) is 1.41. The number of benzene rings is 2. The van der Waals surface area contributed by atoms with Gasteiger partial charge in [-0.05, 0) is 41.7 Å². The maximum atomic E-state index is 7.39. The van der Waals surface area contributed by atoms with E-state index in [4.69, 9.17) is 20.3 Å². The second kappa shape index (κ2) is 14.7. The van der Waals surface area contributed by atoms with Gasteiger partial charge in [-0.15, -0.1) is 18.9 Å². The van der Waals surface area contributed by atoms with Crippen molar-refractivity contribution in [3.8, 4) is 18.1 Å². The summed E-state index contributed by atoms with van der Waals surface area (Å²) in [5.41, 5.74) is 1.28. The molecule has 0 aliphatic carbocycles. The van der Waals surface area contributed by atoms with E-state index >= 15 is 0 Å². The smallest absolute Gasteiger partial charge is 0.192 e. The summed E-state index contributed by atoms with van der Waals surface area (Å²) in [4.78, 5) is 0. The third-order valence-electron chi connectivity index (χ3n) is 8.20. The molecule has 5 heteroatoms. The lowest BCUT2D eigenvalue weighted by Gasteiger charge is -2.46. The minimum atomic E-state index is -2.03. The van der Waals surface area contributed by atoms with Crippen molar-refractivity contribution in [3.05, 3.63) is 72.8 Å². The highest BCUT2D eigenvalue weighted by Gasteiger charge is 2.46. The SMILES string of the molecule is C#CC[C@@H](C)[C@@H](OCc1ccc(OC)cc1)[C@H](O[Si](CC)(CC)CC)[C@@H](C=C)[Si](C)(C)c1ccccc1. The van der Waals surface area contributed by atoms with Crippen LogP contribution in [-0.4, -0.2) is 35.7 Å². The average molecular weight is 537 g/mol. The van der Waals surface area contributed by atoms with Crippen molar-refractivity contribution >= 4 is 21.6 Å². The van der Waals surface area contributed by atoms with E-state index in [1.165, 1.54) is 5.19 Å². The van der Waals surface area contributed by atoms with Crippen LogP contribution in [0.4, 0.5) is 0 Å². The predicted molar refractivity (Wildman–Crippen MR) is 164 cm³/mol. The Bertz CT molecular complexity index is 969. The van der Waals surface area contributed by atoms with Crippen molar-refractivity contribution in [2.75, 3.05) is 7.11 Å². The van der Waals surface area contributed by atoms with Crippen LogP contribution in [0.5, 0.6) is 5.75 Å². The molecule has 0 heterocycles. The van der Waals surface area contributed by atoms with Gasteiger partial charge in [0.25, 0.3) is 0 Å². The molecule has 3 nitrogen and oxygen atoms in total. The molecular weight excluding hydrogens is 489 g/mol. The number of terminal acetylenes is 1. The van der Waals surface area contributed by atoms with E-state index in [1.807, 2.05) is 12.1 Å². The summed E-state index contributed by atoms with van der Waals surface area (Å²) in [7, 11) is -2.31. The summed E-state index contributed by atoms with van der Waals surface area (Å²) < 4.78 is 19.5. The highest BCUT2D eigenvalue weighted by Crippen LogP contribution is 2.39. The molecule has 0 radical (unpaired) electrons. The van der Waals surface area contributed by atoms with E-state index in [9.17, 15) is 0 Å². The quantitative estimate of drug-likeness (QED) is 0.124. The largest absolute Gasteiger partial charge is 0.497 e. The van der Waals surface area contributed by atoms with Crippen molar-refractivity contribution in [3.63, 3.8) is 0 Å². The molecule has 2 aromatic carbocycles. The normalized spacial score (nSPS) is 15.3. The van der Waals surface area contributed by atoms with Gasteiger partial charge in [-0.25, -0.2) is 0 Å². The lowest BCUT2D eigenvalue weighted by molar-refractivity contribution is -0.0651. The maximum Gasteiger partial charge on any atom is 0.192 e. The lowest BCUT2D eigenvalue weighted by atomic mass is 9.94. The van der Waals surface area contributed by atoms with Crippen molar-refractivity contribution in [2.24, 2.45) is 5.92 Å². The summed E-state index contributed by atoms with van der Waals surface area (Å²) in [5.74, 6) is 3.88. The van der Waals surface area contributed by atoms with Crippen LogP contribution in [0.1, 0.15) is 39.7 Å². The minimum absolute atomic E-state index is 0.104. The van der Waals surface area contributed by atoms with E-state index < -0.39 is 16.4 Å². The molecule has 0 aliphatic heterocycles. The van der Waals surface area contributed by atoms with Crippen molar-refractivity contribution in [2.45, 2.75) is 89.7 Å². The molecule has 0 N–H and O–H groups in total. The summed E-state index contributed by atoms with van der Waals surface area (Å²) >= 11 is 0. The van der Waals surface area contributed by atoms with Gasteiger partial charge in [0.2, 0.25) is 0 Å². The Balaban J connectivity index is 2.56. The number of hydrogen-bond acceptors (Lipinski definition) is 3. The zero-order chi connectivity index (χ0) is 27.5. The topological polar surface area (TPSA) is 27.7 Å². The Morgan fingerprint density at radius 2 is 1.54 bits per heavy atom. The van der Waals surface area contributed by atoms with Crippen LogP contribution in [0.3, 0.4) is 0 Å². The molecule has 0 bridgehead atoms. The molecule has 2 aromatic rings. The molecule has 202 valence electrons. The summed E-state index contributed by atoms with van der Waals surface area (Å²) in [6, 6.07) is 22.2. The van der Waals surface area contributed by atoms with Crippen LogP contribution < -0.4 is 9.92 Å². The van der Waals surface area contributed by atoms with Gasteiger partial charge in [-0.2, -0.15) is 0 Å². The van der Waals surface area contributed by atoms with Gasteiger partial charge in [-0.3, -0.25) is 0 Å². The van der Waals surface area contributed by atoms with Crippen molar-refractivity contribution in [1.82, 2.24) is 0 Å². The van der Waals surface area contributed by atoms with Gasteiger partial charge in [0.15, 0.2) is 8.32 Å². The Kier molecular flexibility index (Phi) is 12.4. The number of ether oxygens (including phenoxy) is 2. The van der Waals surface area contributed by atoms with Gasteiger partial charge in [0, 0.05) is 12.0 Å². The fraction of sp³-hybridized carbons (Fsp3) is 0.500. The van der Waals surface area contributed by atoms with Crippen molar-refractivity contribution < 1.29 is 13.9 Å². The van der Waals surface area contributed by atoms with Gasteiger partial charge >= 0.3 is 0 Å². The second-order valence-electron chi connectivity index (χ2n) is 10.7. The first-order chi connectivity index (χ1) is 17.7. The highest BCUT2D eigenvalue weighted by atomic mass is 28.4. The van der Waals surface area contributed by atoms with Gasteiger partial charge in [-0.1, -0.05) is 94.5 Å². The summed E-state index contributed by atoms with van der Waals surface area (Å²) in [6.07, 6.45) is 8.38. The third-order valence-corrected chi connectivity index (χ3v) is 16.9. The molecule has 0 saturated heterocycles. The van der Waals surface area contributed by atoms with Crippen LogP contribution in [0, 0.1) is 18.3 Å². The first-order valence-electron chi connectivity index (χ1n) is 13.8. The van der Waals surface area contributed by atoms with E-state index in [0.717, 1.165) is 29.4 Å². The Morgan fingerprint density at radius 1 is 0.946 bits per heavy atom. The fourth-order valence-electron chi connectivity index (χ4n) is 5.33. The number of rotatable bonds is 16. The molecule has 0 aromatic heterocycles. The molecule has 0 saturated carbocycles. The van der Waals surface area contributed by atoms with Crippen LogP contribution in [0.15, 0.2) is 67.3 Å². The van der Waals surface area contributed by atoms with E-state index in [2.05, 4.69) is 102 Å². The van der Waals surface area contributed by atoms with Crippen LogP contribution in [0.2, 0.25) is 36.8 Å². The van der Waals surface area contributed by atoms with E-state index in [-0.39, 0.29) is 23.7 Å². The van der Waals surface area contributed by atoms with Crippen molar-refractivity contribution in [1.29, 1.82) is 0 Å². The first kappa shape index (κ1) is 31.1. The lowest BCUT2D eigenvalue weighted by Crippen LogP contribution is -2.57. The van der Waals surface area contributed by atoms with Gasteiger partial charge < -0.3 is 13.9 Å². The zero-order valence-corrected chi connectivity index (χ0v) is 26.1.